The van der Waals surface area contributed by atoms with Crippen LogP contribution in [0.1, 0.15) is 22.9 Å². The van der Waals surface area contributed by atoms with Crippen molar-refractivity contribution in [2.75, 3.05) is 0 Å². The molecule has 14 heavy (non-hydrogen) atoms. The summed E-state index contributed by atoms with van der Waals surface area (Å²) in [6.45, 7) is 0.910. The standard InChI is InChI=1S/C11H10N2O/c1-2-4-9-8(3-1)7-12-11(9)10-5-6-14-13-10/h1-6,11-12H,7H2. The van der Waals surface area contributed by atoms with Crippen molar-refractivity contribution in [3.63, 3.8) is 0 Å². The maximum absolute atomic E-state index is 4.85. The highest BCUT2D eigenvalue weighted by Gasteiger charge is 2.24. The van der Waals surface area contributed by atoms with E-state index >= 15 is 0 Å². The number of benzene rings is 1. The second-order valence-corrected chi connectivity index (χ2v) is 3.44. The van der Waals surface area contributed by atoms with Gasteiger partial charge in [0.05, 0.1) is 6.04 Å². The van der Waals surface area contributed by atoms with Gasteiger partial charge in [-0.2, -0.15) is 0 Å². The Kier molecular flexibility index (Phi) is 1.64. The Labute approximate surface area is 81.7 Å². The molecule has 3 nitrogen and oxygen atoms in total. The summed E-state index contributed by atoms with van der Waals surface area (Å²) in [5.41, 5.74) is 3.61. The fraction of sp³-hybridized carbons (Fsp3) is 0.182. The van der Waals surface area contributed by atoms with Crippen molar-refractivity contribution >= 4 is 0 Å². The Hall–Kier alpha value is -1.61. The first-order valence-electron chi connectivity index (χ1n) is 4.66. The number of nitrogens with one attached hydrogen (secondary N) is 1. The van der Waals surface area contributed by atoms with Gasteiger partial charge in [0.25, 0.3) is 0 Å². The summed E-state index contributed by atoms with van der Waals surface area (Å²) >= 11 is 0. The number of fused-ring (bicyclic) bond motifs is 1. The first-order valence-corrected chi connectivity index (χ1v) is 4.66. The van der Waals surface area contributed by atoms with E-state index < -0.39 is 0 Å². The third kappa shape index (κ3) is 1.06. The van der Waals surface area contributed by atoms with E-state index in [1.807, 2.05) is 6.07 Å². The SMILES string of the molecule is c1ccc2c(c1)CNC2c1ccon1. The maximum Gasteiger partial charge on any atom is 0.124 e. The van der Waals surface area contributed by atoms with Crippen LogP contribution in [-0.2, 0) is 6.54 Å². The second-order valence-electron chi connectivity index (χ2n) is 3.44. The van der Waals surface area contributed by atoms with Crippen molar-refractivity contribution in [2.45, 2.75) is 12.6 Å². The summed E-state index contributed by atoms with van der Waals surface area (Å²) in [6, 6.07) is 10.5. The predicted molar refractivity (Wildman–Crippen MR) is 51.6 cm³/mol. The zero-order chi connectivity index (χ0) is 9.38. The van der Waals surface area contributed by atoms with Crippen molar-refractivity contribution in [1.29, 1.82) is 0 Å². The van der Waals surface area contributed by atoms with Gasteiger partial charge in [0.2, 0.25) is 0 Å². The van der Waals surface area contributed by atoms with Gasteiger partial charge >= 0.3 is 0 Å². The molecule has 0 amide bonds. The van der Waals surface area contributed by atoms with Crippen LogP contribution < -0.4 is 5.32 Å². The smallest absolute Gasteiger partial charge is 0.124 e. The average Bonchev–Trinajstić information content (AvgIpc) is 2.85. The van der Waals surface area contributed by atoms with Gasteiger partial charge in [-0.15, -0.1) is 0 Å². The lowest BCUT2D eigenvalue weighted by Crippen LogP contribution is -2.13. The second kappa shape index (κ2) is 2.96. The van der Waals surface area contributed by atoms with Gasteiger partial charge in [-0.25, -0.2) is 0 Å². The molecular weight excluding hydrogens is 176 g/mol. The monoisotopic (exact) mass is 186 g/mol. The first-order chi connectivity index (χ1) is 6.95. The molecular formula is C11H10N2O. The van der Waals surface area contributed by atoms with E-state index in [0.717, 1.165) is 12.2 Å². The molecule has 0 saturated carbocycles. The van der Waals surface area contributed by atoms with E-state index in [2.05, 4.69) is 34.7 Å². The third-order valence-corrected chi connectivity index (χ3v) is 2.62. The largest absolute Gasteiger partial charge is 0.364 e. The van der Waals surface area contributed by atoms with Crippen LogP contribution >= 0.6 is 0 Å². The number of rotatable bonds is 1. The molecule has 0 aliphatic carbocycles. The number of aromatic nitrogens is 1. The zero-order valence-corrected chi connectivity index (χ0v) is 7.60. The molecule has 0 radical (unpaired) electrons. The summed E-state index contributed by atoms with van der Waals surface area (Å²) in [6.07, 6.45) is 1.61. The van der Waals surface area contributed by atoms with Crippen LogP contribution in [0.25, 0.3) is 0 Å². The van der Waals surface area contributed by atoms with E-state index in [4.69, 9.17) is 4.52 Å². The Morgan fingerprint density at radius 2 is 2.21 bits per heavy atom. The lowest BCUT2D eigenvalue weighted by molar-refractivity contribution is 0.405. The van der Waals surface area contributed by atoms with Crippen LogP contribution in [0, 0.1) is 0 Å². The summed E-state index contributed by atoms with van der Waals surface area (Å²) in [7, 11) is 0. The van der Waals surface area contributed by atoms with Gasteiger partial charge in [-0.1, -0.05) is 29.4 Å². The molecule has 1 N–H and O–H groups in total. The highest BCUT2D eigenvalue weighted by atomic mass is 16.5. The predicted octanol–water partition coefficient (Wildman–Crippen LogP) is 1.87. The van der Waals surface area contributed by atoms with E-state index in [1.165, 1.54) is 11.1 Å². The lowest BCUT2D eigenvalue weighted by atomic mass is 10.0. The fourth-order valence-electron chi connectivity index (χ4n) is 1.93. The maximum atomic E-state index is 4.85. The van der Waals surface area contributed by atoms with Crippen LogP contribution in [-0.4, -0.2) is 5.16 Å². The van der Waals surface area contributed by atoms with Crippen molar-refractivity contribution < 1.29 is 4.52 Å². The summed E-state index contributed by atoms with van der Waals surface area (Å²) in [5, 5.41) is 7.36. The van der Waals surface area contributed by atoms with Crippen molar-refractivity contribution in [1.82, 2.24) is 10.5 Å². The Bertz CT molecular complexity index is 436. The summed E-state index contributed by atoms with van der Waals surface area (Å²) < 4.78 is 4.85. The molecule has 1 aliphatic rings. The van der Waals surface area contributed by atoms with Gasteiger partial charge in [0, 0.05) is 12.6 Å². The van der Waals surface area contributed by atoms with Crippen molar-refractivity contribution in [2.24, 2.45) is 0 Å². The van der Waals surface area contributed by atoms with Gasteiger partial charge < -0.3 is 9.84 Å². The van der Waals surface area contributed by atoms with Crippen LogP contribution in [0.4, 0.5) is 0 Å². The normalized spacial score (nSPS) is 19.6. The molecule has 0 spiro atoms. The molecule has 3 rings (SSSR count). The van der Waals surface area contributed by atoms with Gasteiger partial charge in [-0.3, -0.25) is 0 Å². The lowest BCUT2D eigenvalue weighted by Gasteiger charge is -2.06. The summed E-state index contributed by atoms with van der Waals surface area (Å²) in [5.74, 6) is 0. The zero-order valence-electron chi connectivity index (χ0n) is 7.60. The van der Waals surface area contributed by atoms with Gasteiger partial charge in [0.1, 0.15) is 12.0 Å². The van der Waals surface area contributed by atoms with Gasteiger partial charge in [0.15, 0.2) is 0 Å². The average molecular weight is 186 g/mol. The van der Waals surface area contributed by atoms with E-state index in [9.17, 15) is 0 Å². The van der Waals surface area contributed by atoms with Crippen LogP contribution in [0.2, 0.25) is 0 Å². The molecule has 1 aromatic heterocycles. The molecule has 0 bridgehead atoms. The molecule has 2 aromatic rings. The molecule has 1 aliphatic heterocycles. The van der Waals surface area contributed by atoms with Crippen LogP contribution in [0.5, 0.6) is 0 Å². The number of nitrogens with zero attached hydrogens (tertiary/aromatic N) is 1. The van der Waals surface area contributed by atoms with Crippen LogP contribution in [0.3, 0.4) is 0 Å². The first kappa shape index (κ1) is 7.76. The molecule has 0 fully saturated rings. The van der Waals surface area contributed by atoms with Gasteiger partial charge in [-0.05, 0) is 11.1 Å². The quantitative estimate of drug-likeness (QED) is 0.738. The minimum absolute atomic E-state index is 0.199. The fourth-order valence-corrected chi connectivity index (χ4v) is 1.93. The van der Waals surface area contributed by atoms with Crippen LogP contribution in [0.15, 0.2) is 41.1 Å². The minimum atomic E-state index is 0.199. The summed E-state index contributed by atoms with van der Waals surface area (Å²) in [4.78, 5) is 0. The van der Waals surface area contributed by atoms with E-state index in [-0.39, 0.29) is 6.04 Å². The molecule has 2 heterocycles. The molecule has 70 valence electrons. The Morgan fingerprint density at radius 3 is 3.07 bits per heavy atom. The number of hydrogen-bond donors (Lipinski definition) is 1. The minimum Gasteiger partial charge on any atom is -0.364 e. The highest BCUT2D eigenvalue weighted by Crippen LogP contribution is 2.29. The topological polar surface area (TPSA) is 38.1 Å². The molecule has 1 aromatic carbocycles. The van der Waals surface area contributed by atoms with Crippen molar-refractivity contribution in [3.05, 3.63) is 53.4 Å². The molecule has 1 atom stereocenters. The molecule has 1 unspecified atom stereocenters. The molecule has 0 saturated heterocycles. The third-order valence-electron chi connectivity index (χ3n) is 2.62. The molecule has 3 heteroatoms. The Balaban J connectivity index is 2.06. The van der Waals surface area contributed by atoms with E-state index in [1.54, 1.807) is 6.26 Å². The van der Waals surface area contributed by atoms with Crippen molar-refractivity contribution in [3.8, 4) is 0 Å². The highest BCUT2D eigenvalue weighted by molar-refractivity contribution is 5.38. The Morgan fingerprint density at radius 1 is 1.29 bits per heavy atom. The van der Waals surface area contributed by atoms with E-state index in [0.29, 0.717) is 0 Å². The number of hydrogen-bond acceptors (Lipinski definition) is 3.